The Morgan fingerprint density at radius 1 is 1.33 bits per heavy atom. The smallest absolute Gasteiger partial charge is 0.177 e. The minimum absolute atomic E-state index is 0.223. The Bertz CT molecular complexity index is 276. The first-order valence-corrected chi connectivity index (χ1v) is 4.51. The van der Waals surface area contributed by atoms with Crippen molar-refractivity contribution in [2.75, 3.05) is 0 Å². The van der Waals surface area contributed by atoms with Crippen molar-refractivity contribution in [3.05, 3.63) is 21.9 Å². The van der Waals surface area contributed by atoms with Crippen LogP contribution in [-0.4, -0.2) is 9.97 Å². The normalized spacial score (nSPS) is 10.8. The lowest BCUT2D eigenvalue weighted by atomic mass is 10.2. The van der Waals surface area contributed by atoms with Gasteiger partial charge < -0.3 is 0 Å². The van der Waals surface area contributed by atoms with Gasteiger partial charge in [-0.05, 0) is 22.9 Å². The maximum Gasteiger partial charge on any atom is 0.177 e. The first kappa shape index (κ1) is 9.58. The maximum atomic E-state index is 13.0. The van der Waals surface area contributed by atoms with E-state index in [9.17, 15) is 4.39 Å². The lowest BCUT2D eigenvalue weighted by Crippen LogP contribution is -2.02. The highest BCUT2D eigenvalue weighted by Crippen LogP contribution is 2.18. The van der Waals surface area contributed by atoms with Gasteiger partial charge in [-0.15, -0.1) is 0 Å². The van der Waals surface area contributed by atoms with Crippen LogP contribution in [0.25, 0.3) is 0 Å². The van der Waals surface area contributed by atoms with Gasteiger partial charge in [0.25, 0.3) is 0 Å². The van der Waals surface area contributed by atoms with Crippen LogP contribution in [0.2, 0.25) is 0 Å². The van der Waals surface area contributed by atoms with Gasteiger partial charge in [0.05, 0.1) is 5.69 Å². The summed E-state index contributed by atoms with van der Waals surface area (Å²) >= 11 is 3.04. The molecule has 0 spiro atoms. The molecule has 1 aromatic heterocycles. The molecule has 0 radical (unpaired) electrons. The number of aromatic nitrogens is 2. The quantitative estimate of drug-likeness (QED) is 0.697. The molecule has 0 amide bonds. The topological polar surface area (TPSA) is 25.8 Å². The van der Waals surface area contributed by atoms with Crippen LogP contribution in [0.3, 0.4) is 0 Å². The summed E-state index contributed by atoms with van der Waals surface area (Å²) in [6, 6.07) is 0. The Morgan fingerprint density at radius 3 is 2.33 bits per heavy atom. The summed E-state index contributed by atoms with van der Waals surface area (Å²) in [6.45, 7) is 5.58. The van der Waals surface area contributed by atoms with E-state index in [4.69, 9.17) is 0 Å². The minimum Gasteiger partial charge on any atom is -0.235 e. The van der Waals surface area contributed by atoms with E-state index in [-0.39, 0.29) is 16.3 Å². The highest BCUT2D eigenvalue weighted by molar-refractivity contribution is 9.10. The van der Waals surface area contributed by atoms with Crippen molar-refractivity contribution >= 4 is 15.9 Å². The lowest BCUT2D eigenvalue weighted by Gasteiger charge is -2.05. The molecule has 4 heteroatoms. The maximum absolute atomic E-state index is 13.0. The number of hydrogen-bond acceptors (Lipinski definition) is 2. The molecule has 1 heterocycles. The average Bonchev–Trinajstić information content (AvgIpc) is 1.99. The molecule has 0 aliphatic carbocycles. The fourth-order valence-electron chi connectivity index (χ4n) is 0.803. The summed E-state index contributed by atoms with van der Waals surface area (Å²) in [5.74, 6) is 0.515. The predicted molar refractivity (Wildman–Crippen MR) is 48.5 cm³/mol. The molecule has 1 aromatic rings. The van der Waals surface area contributed by atoms with Crippen molar-refractivity contribution < 1.29 is 4.39 Å². The first-order chi connectivity index (χ1) is 5.52. The molecule has 0 fully saturated rings. The van der Waals surface area contributed by atoms with Crippen LogP contribution in [0, 0.1) is 12.7 Å². The standard InChI is InChI=1S/C8H10BrFN2/c1-4(2)8-11-5(3)6(10)7(9)12-8/h4H,1-3H3. The van der Waals surface area contributed by atoms with Gasteiger partial charge >= 0.3 is 0 Å². The van der Waals surface area contributed by atoms with Crippen LogP contribution < -0.4 is 0 Å². The van der Waals surface area contributed by atoms with Crippen molar-refractivity contribution in [1.29, 1.82) is 0 Å². The molecule has 66 valence electrons. The van der Waals surface area contributed by atoms with Crippen LogP contribution in [0.15, 0.2) is 4.60 Å². The lowest BCUT2D eigenvalue weighted by molar-refractivity contribution is 0.581. The summed E-state index contributed by atoms with van der Waals surface area (Å²) in [5, 5.41) is 0. The number of rotatable bonds is 1. The van der Waals surface area contributed by atoms with Crippen molar-refractivity contribution in [3.8, 4) is 0 Å². The molecule has 0 atom stereocenters. The van der Waals surface area contributed by atoms with Crippen LogP contribution in [0.5, 0.6) is 0 Å². The Labute approximate surface area is 79.4 Å². The Balaban J connectivity index is 3.21. The summed E-state index contributed by atoms with van der Waals surface area (Å²) in [7, 11) is 0. The van der Waals surface area contributed by atoms with E-state index in [0.717, 1.165) is 0 Å². The molecule has 12 heavy (non-hydrogen) atoms. The zero-order valence-corrected chi connectivity index (χ0v) is 8.81. The van der Waals surface area contributed by atoms with Gasteiger partial charge in [0.1, 0.15) is 10.4 Å². The molecule has 1 rings (SSSR count). The largest absolute Gasteiger partial charge is 0.235 e. The summed E-state index contributed by atoms with van der Waals surface area (Å²) < 4.78 is 13.3. The van der Waals surface area contributed by atoms with E-state index in [1.54, 1.807) is 6.92 Å². The summed E-state index contributed by atoms with van der Waals surface area (Å²) in [4.78, 5) is 7.98. The third-order valence-corrected chi connectivity index (χ3v) is 2.04. The Hall–Kier alpha value is -0.510. The van der Waals surface area contributed by atoms with Crippen LogP contribution in [-0.2, 0) is 0 Å². The van der Waals surface area contributed by atoms with Crippen molar-refractivity contribution in [3.63, 3.8) is 0 Å². The number of nitrogens with zero attached hydrogens (tertiary/aromatic N) is 2. The van der Waals surface area contributed by atoms with E-state index in [2.05, 4.69) is 25.9 Å². The zero-order chi connectivity index (χ0) is 9.30. The van der Waals surface area contributed by atoms with Gasteiger partial charge in [-0.1, -0.05) is 13.8 Å². The van der Waals surface area contributed by atoms with Gasteiger partial charge in [0.2, 0.25) is 0 Å². The predicted octanol–water partition coefficient (Wildman–Crippen LogP) is 2.81. The van der Waals surface area contributed by atoms with E-state index < -0.39 is 0 Å². The number of halogens is 2. The Morgan fingerprint density at radius 2 is 1.92 bits per heavy atom. The average molecular weight is 233 g/mol. The highest BCUT2D eigenvalue weighted by Gasteiger charge is 2.10. The molecule has 0 unspecified atom stereocenters. The molecule has 0 bridgehead atoms. The van der Waals surface area contributed by atoms with E-state index in [0.29, 0.717) is 11.5 Å². The van der Waals surface area contributed by atoms with Gasteiger partial charge in [-0.3, -0.25) is 0 Å². The SMILES string of the molecule is Cc1nc(C(C)C)nc(Br)c1F. The van der Waals surface area contributed by atoms with Gasteiger partial charge in [0, 0.05) is 5.92 Å². The zero-order valence-electron chi connectivity index (χ0n) is 7.23. The van der Waals surface area contributed by atoms with E-state index in [1.165, 1.54) is 0 Å². The minimum atomic E-state index is -0.376. The third kappa shape index (κ3) is 1.80. The molecule has 0 saturated heterocycles. The second-order valence-electron chi connectivity index (χ2n) is 2.93. The number of aryl methyl sites for hydroxylation is 1. The summed E-state index contributed by atoms with van der Waals surface area (Å²) in [5.41, 5.74) is 0.389. The molecule has 0 saturated carbocycles. The fourth-order valence-corrected chi connectivity index (χ4v) is 1.27. The monoisotopic (exact) mass is 232 g/mol. The van der Waals surface area contributed by atoms with Gasteiger partial charge in [0.15, 0.2) is 5.82 Å². The second kappa shape index (κ2) is 3.47. The fraction of sp³-hybridized carbons (Fsp3) is 0.500. The summed E-state index contributed by atoms with van der Waals surface area (Å²) in [6.07, 6.45) is 0. The third-order valence-electron chi connectivity index (χ3n) is 1.51. The van der Waals surface area contributed by atoms with Crippen molar-refractivity contribution in [2.24, 2.45) is 0 Å². The van der Waals surface area contributed by atoms with E-state index in [1.807, 2.05) is 13.8 Å². The second-order valence-corrected chi connectivity index (χ2v) is 3.68. The molecular weight excluding hydrogens is 223 g/mol. The van der Waals surface area contributed by atoms with Crippen LogP contribution in [0.4, 0.5) is 4.39 Å². The first-order valence-electron chi connectivity index (χ1n) is 3.72. The van der Waals surface area contributed by atoms with E-state index >= 15 is 0 Å². The van der Waals surface area contributed by atoms with Gasteiger partial charge in [-0.2, -0.15) is 0 Å². The highest BCUT2D eigenvalue weighted by atomic mass is 79.9. The molecule has 0 aliphatic rings. The molecule has 2 nitrogen and oxygen atoms in total. The molecular formula is C8H10BrFN2. The molecule has 0 aromatic carbocycles. The molecule has 0 N–H and O–H groups in total. The number of hydrogen-bond donors (Lipinski definition) is 0. The Kier molecular flexibility index (Phi) is 2.77. The van der Waals surface area contributed by atoms with Crippen LogP contribution in [0.1, 0.15) is 31.3 Å². The van der Waals surface area contributed by atoms with Crippen LogP contribution >= 0.6 is 15.9 Å². The van der Waals surface area contributed by atoms with Gasteiger partial charge in [-0.25, -0.2) is 14.4 Å². The molecule has 0 aliphatic heterocycles. The van der Waals surface area contributed by atoms with Crippen molar-refractivity contribution in [1.82, 2.24) is 9.97 Å². The van der Waals surface area contributed by atoms with Crippen molar-refractivity contribution in [2.45, 2.75) is 26.7 Å².